The lowest BCUT2D eigenvalue weighted by Gasteiger charge is -1.97. The summed E-state index contributed by atoms with van der Waals surface area (Å²) in [7, 11) is 0. The minimum absolute atomic E-state index is 0.402. The van der Waals surface area contributed by atoms with Gasteiger partial charge in [-0.25, -0.2) is 4.79 Å². The number of fused-ring (bicyclic) bond motifs is 1. The lowest BCUT2D eigenvalue weighted by molar-refractivity contribution is 0.0702. The molecule has 0 saturated carbocycles. The summed E-state index contributed by atoms with van der Waals surface area (Å²) in [5.74, 6) is -0.850. The van der Waals surface area contributed by atoms with Gasteiger partial charge in [0.05, 0.1) is 5.69 Å². The number of aromatic nitrogens is 2. The van der Waals surface area contributed by atoms with Gasteiger partial charge in [-0.05, 0) is 18.9 Å². The van der Waals surface area contributed by atoms with Gasteiger partial charge < -0.3 is 5.11 Å². The van der Waals surface area contributed by atoms with E-state index < -0.39 is 5.97 Å². The third kappa shape index (κ3) is 2.20. The van der Waals surface area contributed by atoms with Gasteiger partial charge in [-0.15, -0.1) is 11.3 Å². The van der Waals surface area contributed by atoms with Gasteiger partial charge >= 0.3 is 5.97 Å². The molecule has 4 nitrogen and oxygen atoms in total. The normalized spacial score (nSPS) is 11.2. The summed E-state index contributed by atoms with van der Waals surface area (Å²) in [6, 6.07) is 1.76. The predicted octanol–water partition coefficient (Wildman–Crippen LogP) is 3.16. The van der Waals surface area contributed by atoms with Crippen molar-refractivity contribution in [2.45, 2.75) is 39.7 Å². The molecule has 0 radical (unpaired) electrons. The van der Waals surface area contributed by atoms with Crippen molar-refractivity contribution in [3.05, 3.63) is 16.6 Å². The Morgan fingerprint density at radius 2 is 2.24 bits per heavy atom. The fraction of sp³-hybridized carbons (Fsp3) is 0.500. The average molecular weight is 252 g/mol. The van der Waals surface area contributed by atoms with Crippen LogP contribution < -0.4 is 0 Å². The minimum Gasteiger partial charge on any atom is -0.477 e. The second kappa shape index (κ2) is 4.87. The second-order valence-electron chi connectivity index (χ2n) is 4.05. The van der Waals surface area contributed by atoms with Crippen molar-refractivity contribution in [3.8, 4) is 0 Å². The number of carboxylic acid groups (broad SMARTS) is 1. The predicted molar refractivity (Wildman–Crippen MR) is 68.9 cm³/mol. The minimum atomic E-state index is -0.850. The Balaban J connectivity index is 2.54. The Labute approximate surface area is 104 Å². The lowest BCUT2D eigenvalue weighted by atomic mass is 10.2. The molecule has 2 aromatic rings. The van der Waals surface area contributed by atoms with Gasteiger partial charge in [-0.3, -0.25) is 4.68 Å². The number of aromatic carboxylic acids is 1. The zero-order chi connectivity index (χ0) is 12.4. The van der Waals surface area contributed by atoms with Gasteiger partial charge in [0.2, 0.25) is 0 Å². The Morgan fingerprint density at radius 3 is 2.82 bits per heavy atom. The van der Waals surface area contributed by atoms with Gasteiger partial charge in [-0.1, -0.05) is 20.3 Å². The van der Waals surface area contributed by atoms with E-state index in [2.05, 4.69) is 18.9 Å². The van der Waals surface area contributed by atoms with Crippen LogP contribution in [0.15, 0.2) is 6.07 Å². The number of aryl methyl sites for hydroxylation is 2. The van der Waals surface area contributed by atoms with Crippen molar-refractivity contribution in [1.82, 2.24) is 9.78 Å². The molecule has 0 atom stereocenters. The average Bonchev–Trinajstić information content (AvgIpc) is 2.82. The van der Waals surface area contributed by atoms with E-state index in [0.29, 0.717) is 4.88 Å². The number of carbonyl (C=O) groups is 1. The quantitative estimate of drug-likeness (QED) is 0.889. The maximum atomic E-state index is 11.0. The molecule has 0 fully saturated rings. The Bertz CT molecular complexity index is 503. The molecule has 0 amide bonds. The molecule has 5 heteroatoms. The van der Waals surface area contributed by atoms with E-state index in [1.807, 2.05) is 4.68 Å². The number of hydrogen-bond donors (Lipinski definition) is 1. The van der Waals surface area contributed by atoms with Crippen LogP contribution in [-0.4, -0.2) is 20.9 Å². The van der Waals surface area contributed by atoms with E-state index in [-0.39, 0.29) is 0 Å². The maximum Gasteiger partial charge on any atom is 0.345 e. The molecule has 0 aliphatic carbocycles. The summed E-state index contributed by atoms with van der Waals surface area (Å²) < 4.78 is 1.94. The smallest absolute Gasteiger partial charge is 0.345 e. The Hall–Kier alpha value is -1.36. The van der Waals surface area contributed by atoms with E-state index in [1.165, 1.54) is 11.3 Å². The van der Waals surface area contributed by atoms with Gasteiger partial charge in [0.15, 0.2) is 0 Å². The second-order valence-corrected chi connectivity index (χ2v) is 5.09. The van der Waals surface area contributed by atoms with Crippen LogP contribution in [0, 0.1) is 0 Å². The molecule has 0 bridgehead atoms. The highest BCUT2D eigenvalue weighted by Gasteiger charge is 2.16. The molecule has 92 valence electrons. The molecule has 0 saturated heterocycles. The topological polar surface area (TPSA) is 55.1 Å². The zero-order valence-electron chi connectivity index (χ0n) is 10.1. The van der Waals surface area contributed by atoms with Crippen LogP contribution in [0.3, 0.4) is 0 Å². The molecule has 2 heterocycles. The third-order valence-corrected chi connectivity index (χ3v) is 3.77. The van der Waals surface area contributed by atoms with Gasteiger partial charge in [-0.2, -0.15) is 5.10 Å². The number of thiophene rings is 1. The van der Waals surface area contributed by atoms with E-state index in [0.717, 1.165) is 41.7 Å². The van der Waals surface area contributed by atoms with E-state index in [1.54, 1.807) is 6.07 Å². The monoisotopic (exact) mass is 252 g/mol. The lowest BCUT2D eigenvalue weighted by Crippen LogP contribution is -1.99. The van der Waals surface area contributed by atoms with Crippen LogP contribution in [0.25, 0.3) is 10.2 Å². The molecule has 1 N–H and O–H groups in total. The van der Waals surface area contributed by atoms with Gasteiger partial charge in [0.25, 0.3) is 0 Å². The molecule has 0 aliphatic rings. The first-order valence-corrected chi connectivity index (χ1v) is 6.71. The van der Waals surface area contributed by atoms with Crippen LogP contribution in [0.2, 0.25) is 0 Å². The summed E-state index contributed by atoms with van der Waals surface area (Å²) in [5.41, 5.74) is 1.03. The fourth-order valence-electron chi connectivity index (χ4n) is 1.92. The van der Waals surface area contributed by atoms with Crippen molar-refractivity contribution >= 4 is 27.5 Å². The highest BCUT2D eigenvalue weighted by Crippen LogP contribution is 2.29. The molecule has 0 aliphatic heterocycles. The summed E-state index contributed by atoms with van der Waals surface area (Å²) in [5, 5.41) is 14.6. The Kier molecular flexibility index (Phi) is 3.47. The molecule has 2 aromatic heterocycles. The largest absolute Gasteiger partial charge is 0.477 e. The first kappa shape index (κ1) is 12.1. The molecule has 0 spiro atoms. The molecule has 2 rings (SSSR count). The number of hydrogen-bond acceptors (Lipinski definition) is 3. The molecular formula is C12H16N2O2S. The van der Waals surface area contributed by atoms with Gasteiger partial charge in [0.1, 0.15) is 9.71 Å². The molecule has 0 unspecified atom stereocenters. The summed E-state index contributed by atoms with van der Waals surface area (Å²) >= 11 is 1.32. The number of rotatable bonds is 5. The van der Waals surface area contributed by atoms with Crippen LogP contribution in [-0.2, 0) is 13.0 Å². The van der Waals surface area contributed by atoms with E-state index >= 15 is 0 Å². The summed E-state index contributed by atoms with van der Waals surface area (Å²) in [6.07, 6.45) is 2.93. The fourth-order valence-corrected chi connectivity index (χ4v) is 2.91. The Morgan fingerprint density at radius 1 is 1.47 bits per heavy atom. The van der Waals surface area contributed by atoms with Crippen molar-refractivity contribution in [2.24, 2.45) is 0 Å². The highest BCUT2D eigenvalue weighted by molar-refractivity contribution is 7.20. The highest BCUT2D eigenvalue weighted by atomic mass is 32.1. The van der Waals surface area contributed by atoms with E-state index in [4.69, 9.17) is 5.11 Å². The zero-order valence-corrected chi connectivity index (χ0v) is 10.9. The van der Waals surface area contributed by atoms with Crippen molar-refractivity contribution < 1.29 is 9.90 Å². The summed E-state index contributed by atoms with van der Waals surface area (Å²) in [4.78, 5) is 12.4. The van der Waals surface area contributed by atoms with E-state index in [9.17, 15) is 4.79 Å². The first-order chi connectivity index (χ1) is 8.17. The van der Waals surface area contributed by atoms with Crippen molar-refractivity contribution in [1.29, 1.82) is 0 Å². The molecule has 0 aromatic carbocycles. The van der Waals surface area contributed by atoms with Gasteiger partial charge in [0, 0.05) is 11.9 Å². The number of nitrogens with zero attached hydrogens (tertiary/aromatic N) is 2. The van der Waals surface area contributed by atoms with Crippen LogP contribution in [0.5, 0.6) is 0 Å². The van der Waals surface area contributed by atoms with Crippen LogP contribution in [0.4, 0.5) is 0 Å². The SMILES string of the molecule is CCCc1nn(CCC)c2sc(C(=O)O)cc12. The maximum absolute atomic E-state index is 11.0. The van der Waals surface area contributed by atoms with Crippen molar-refractivity contribution in [3.63, 3.8) is 0 Å². The number of carboxylic acids is 1. The van der Waals surface area contributed by atoms with Crippen molar-refractivity contribution in [2.75, 3.05) is 0 Å². The molecular weight excluding hydrogens is 236 g/mol. The standard InChI is InChI=1S/C12H16N2O2S/c1-3-5-9-8-7-10(12(15)16)17-11(8)14(13-9)6-4-2/h7H,3-6H2,1-2H3,(H,15,16). The third-order valence-electron chi connectivity index (χ3n) is 2.63. The van der Waals surface area contributed by atoms with Crippen LogP contribution in [0.1, 0.15) is 42.1 Å². The molecule has 17 heavy (non-hydrogen) atoms. The summed E-state index contributed by atoms with van der Waals surface area (Å²) in [6.45, 7) is 5.05. The first-order valence-electron chi connectivity index (χ1n) is 5.89. The van der Waals surface area contributed by atoms with Crippen LogP contribution >= 0.6 is 11.3 Å².